The quantitative estimate of drug-likeness (QED) is 0.817. The van der Waals surface area contributed by atoms with E-state index < -0.39 is 0 Å². The summed E-state index contributed by atoms with van der Waals surface area (Å²) in [6.07, 6.45) is 6.80. The molecule has 1 aromatic rings. The molecule has 0 N–H and O–H groups in total. The van der Waals surface area contributed by atoms with E-state index in [1.54, 1.807) is 0 Å². The van der Waals surface area contributed by atoms with E-state index in [4.69, 9.17) is 0 Å². The van der Waals surface area contributed by atoms with Crippen LogP contribution in [0.1, 0.15) is 55.1 Å². The monoisotopic (exact) mass is 256 g/mol. The van der Waals surface area contributed by atoms with Crippen LogP contribution in [0.15, 0.2) is 24.3 Å². The lowest BCUT2D eigenvalue weighted by molar-refractivity contribution is 0.398. The van der Waals surface area contributed by atoms with Gasteiger partial charge in [-0.05, 0) is 44.0 Å². The molecule has 0 amide bonds. The lowest BCUT2D eigenvalue weighted by Gasteiger charge is -2.22. The highest BCUT2D eigenvalue weighted by atomic mass is 15.1. The molecule has 0 saturated heterocycles. The lowest BCUT2D eigenvalue weighted by atomic mass is 9.83. The summed E-state index contributed by atoms with van der Waals surface area (Å²) in [7, 11) is 4.03. The summed E-state index contributed by atoms with van der Waals surface area (Å²) in [6.45, 7) is 0.791. The number of rotatable bonds is 4. The fraction of sp³-hybridized carbons (Fsp3) is 0.588. The number of nitriles is 1. The third kappa shape index (κ3) is 3.81. The maximum Gasteiger partial charge on any atom is 0.0839 e. The Morgan fingerprint density at radius 3 is 2.32 bits per heavy atom. The van der Waals surface area contributed by atoms with E-state index in [1.807, 2.05) is 14.1 Å². The Labute approximate surface area is 117 Å². The first-order valence-corrected chi connectivity index (χ1v) is 7.35. The molecule has 2 rings (SSSR count). The second-order valence-electron chi connectivity index (χ2n) is 5.95. The van der Waals surface area contributed by atoms with Crippen molar-refractivity contribution in [3.8, 4) is 6.07 Å². The van der Waals surface area contributed by atoms with Gasteiger partial charge in [0.25, 0.3) is 0 Å². The normalized spacial score (nSPS) is 18.2. The minimum Gasteiger partial charge on any atom is -0.308 e. The summed E-state index contributed by atoms with van der Waals surface area (Å²) < 4.78 is 0. The highest BCUT2D eigenvalue weighted by Gasteiger charge is 2.16. The summed E-state index contributed by atoms with van der Waals surface area (Å²) in [5.41, 5.74) is 2.61. The van der Waals surface area contributed by atoms with Gasteiger partial charge in [0.05, 0.1) is 12.0 Å². The molecule has 0 bridgehead atoms. The Hall–Kier alpha value is -1.33. The minimum absolute atomic E-state index is 0.0181. The molecular formula is C17H24N2. The summed E-state index contributed by atoms with van der Waals surface area (Å²) >= 11 is 0. The molecule has 0 heterocycles. The van der Waals surface area contributed by atoms with Gasteiger partial charge >= 0.3 is 0 Å². The highest BCUT2D eigenvalue weighted by molar-refractivity contribution is 5.31. The summed E-state index contributed by atoms with van der Waals surface area (Å²) in [4.78, 5) is 2.07. The average molecular weight is 256 g/mol. The molecule has 1 atom stereocenters. The molecule has 1 aliphatic carbocycles. The van der Waals surface area contributed by atoms with Crippen LogP contribution >= 0.6 is 0 Å². The van der Waals surface area contributed by atoms with Crippen molar-refractivity contribution in [2.24, 2.45) is 0 Å². The van der Waals surface area contributed by atoms with E-state index in [0.717, 1.165) is 18.0 Å². The summed E-state index contributed by atoms with van der Waals surface area (Å²) in [5, 5.41) is 9.27. The molecule has 0 aromatic heterocycles. The van der Waals surface area contributed by atoms with Gasteiger partial charge in [-0.2, -0.15) is 5.26 Å². The van der Waals surface area contributed by atoms with Crippen molar-refractivity contribution in [2.75, 3.05) is 20.6 Å². The Kier molecular flexibility index (Phi) is 4.99. The van der Waals surface area contributed by atoms with Crippen molar-refractivity contribution in [3.05, 3.63) is 35.4 Å². The summed E-state index contributed by atoms with van der Waals surface area (Å²) in [5.74, 6) is 0.729. The van der Waals surface area contributed by atoms with Gasteiger partial charge in [-0.25, -0.2) is 0 Å². The standard InChI is InChI=1S/C17H24N2/c1-19(2)13-17(12-18)16-10-8-15(9-11-16)14-6-4-3-5-7-14/h8-11,14,17H,3-7,13H2,1-2H3. The number of hydrogen-bond donors (Lipinski definition) is 0. The van der Waals surface area contributed by atoms with Crippen molar-refractivity contribution >= 4 is 0 Å². The van der Waals surface area contributed by atoms with Crippen LogP contribution in [0, 0.1) is 11.3 Å². The zero-order valence-electron chi connectivity index (χ0n) is 12.1. The Morgan fingerprint density at radius 2 is 1.79 bits per heavy atom. The second-order valence-corrected chi connectivity index (χ2v) is 5.95. The number of likely N-dealkylation sites (N-methyl/N-ethyl adjacent to an activating group) is 1. The fourth-order valence-electron chi connectivity index (χ4n) is 3.02. The molecule has 1 aliphatic rings. The van der Waals surface area contributed by atoms with Crippen LogP contribution in [0.3, 0.4) is 0 Å². The van der Waals surface area contributed by atoms with Crippen molar-refractivity contribution in [1.82, 2.24) is 4.90 Å². The van der Waals surface area contributed by atoms with Crippen LogP contribution in [-0.4, -0.2) is 25.5 Å². The average Bonchev–Trinajstić information content (AvgIpc) is 2.46. The van der Waals surface area contributed by atoms with E-state index in [-0.39, 0.29) is 5.92 Å². The molecule has 1 saturated carbocycles. The van der Waals surface area contributed by atoms with Crippen molar-refractivity contribution in [3.63, 3.8) is 0 Å². The summed E-state index contributed by atoms with van der Waals surface area (Å²) in [6, 6.07) is 11.2. The smallest absolute Gasteiger partial charge is 0.0839 e. The van der Waals surface area contributed by atoms with Gasteiger partial charge in [0.2, 0.25) is 0 Å². The predicted molar refractivity (Wildman–Crippen MR) is 79.2 cm³/mol. The van der Waals surface area contributed by atoms with Gasteiger partial charge in [0.1, 0.15) is 0 Å². The first-order valence-electron chi connectivity index (χ1n) is 7.35. The fourth-order valence-corrected chi connectivity index (χ4v) is 3.02. The molecule has 102 valence electrons. The number of hydrogen-bond acceptors (Lipinski definition) is 2. The van der Waals surface area contributed by atoms with E-state index in [0.29, 0.717) is 0 Å². The molecule has 1 unspecified atom stereocenters. The lowest BCUT2D eigenvalue weighted by Crippen LogP contribution is -2.19. The Morgan fingerprint density at radius 1 is 1.16 bits per heavy atom. The van der Waals surface area contributed by atoms with E-state index in [2.05, 4.69) is 35.2 Å². The van der Waals surface area contributed by atoms with Gasteiger partial charge in [-0.1, -0.05) is 43.5 Å². The number of nitrogens with zero attached hydrogens (tertiary/aromatic N) is 2. The first kappa shape index (κ1) is 14.1. The zero-order chi connectivity index (χ0) is 13.7. The zero-order valence-corrected chi connectivity index (χ0v) is 12.1. The molecule has 0 aliphatic heterocycles. The predicted octanol–water partition coefficient (Wildman–Crippen LogP) is 3.90. The first-order chi connectivity index (χ1) is 9.20. The Balaban J connectivity index is 2.06. The van der Waals surface area contributed by atoms with Crippen LogP contribution in [0.4, 0.5) is 0 Å². The van der Waals surface area contributed by atoms with Gasteiger partial charge in [-0.3, -0.25) is 0 Å². The topological polar surface area (TPSA) is 27.0 Å². The van der Waals surface area contributed by atoms with Crippen LogP contribution in [0.25, 0.3) is 0 Å². The third-order valence-corrected chi connectivity index (χ3v) is 4.12. The van der Waals surface area contributed by atoms with Crippen molar-refractivity contribution in [2.45, 2.75) is 43.9 Å². The number of benzene rings is 1. The largest absolute Gasteiger partial charge is 0.308 e. The third-order valence-electron chi connectivity index (χ3n) is 4.12. The van der Waals surface area contributed by atoms with Crippen LogP contribution in [-0.2, 0) is 0 Å². The Bertz CT molecular complexity index is 422. The van der Waals surface area contributed by atoms with Crippen LogP contribution in [0.5, 0.6) is 0 Å². The maximum absolute atomic E-state index is 9.27. The minimum atomic E-state index is -0.0181. The molecule has 0 spiro atoms. The molecule has 1 aromatic carbocycles. The van der Waals surface area contributed by atoms with Gasteiger partial charge in [0.15, 0.2) is 0 Å². The molecule has 19 heavy (non-hydrogen) atoms. The van der Waals surface area contributed by atoms with Gasteiger partial charge in [-0.15, -0.1) is 0 Å². The van der Waals surface area contributed by atoms with Crippen LogP contribution in [0.2, 0.25) is 0 Å². The van der Waals surface area contributed by atoms with E-state index in [1.165, 1.54) is 37.7 Å². The van der Waals surface area contributed by atoms with Crippen molar-refractivity contribution in [1.29, 1.82) is 5.26 Å². The van der Waals surface area contributed by atoms with E-state index in [9.17, 15) is 5.26 Å². The van der Waals surface area contributed by atoms with Crippen molar-refractivity contribution < 1.29 is 0 Å². The van der Waals surface area contributed by atoms with Gasteiger partial charge < -0.3 is 4.90 Å². The van der Waals surface area contributed by atoms with Crippen LogP contribution < -0.4 is 0 Å². The molecule has 0 radical (unpaired) electrons. The highest BCUT2D eigenvalue weighted by Crippen LogP contribution is 2.33. The van der Waals surface area contributed by atoms with Gasteiger partial charge in [0, 0.05) is 6.54 Å². The second kappa shape index (κ2) is 6.73. The maximum atomic E-state index is 9.27. The molecule has 2 heteroatoms. The molecule has 2 nitrogen and oxygen atoms in total. The van der Waals surface area contributed by atoms with E-state index >= 15 is 0 Å². The SMILES string of the molecule is CN(C)CC(C#N)c1ccc(C2CCCCC2)cc1. The molecular weight excluding hydrogens is 232 g/mol. The molecule has 1 fully saturated rings.